The Kier molecular flexibility index (Phi) is 3.14. The summed E-state index contributed by atoms with van der Waals surface area (Å²) >= 11 is 0. The number of carbonyl (C=O) groups is 1. The molecular formula is C17H12FNO2. The molecule has 0 saturated carbocycles. The van der Waals surface area contributed by atoms with E-state index in [0.717, 1.165) is 0 Å². The zero-order chi connectivity index (χ0) is 15.0. The Morgan fingerprint density at radius 3 is 2.48 bits per heavy atom. The zero-order valence-corrected chi connectivity index (χ0v) is 11.3. The fourth-order valence-electron chi connectivity index (χ4n) is 2.50. The number of halogens is 1. The smallest absolute Gasteiger partial charge is 0.336 e. The molecule has 1 N–H and O–H groups in total. The van der Waals surface area contributed by atoms with Crippen LogP contribution >= 0.6 is 0 Å². The molecule has 3 nitrogen and oxygen atoms in total. The summed E-state index contributed by atoms with van der Waals surface area (Å²) in [6.45, 7) is 1.66. The molecule has 0 amide bonds. The average molecular weight is 281 g/mol. The normalized spacial score (nSPS) is 10.8. The standard InChI is InChI=1S/C17H12FNO2/c1-10-15(17(20)21)12-7-3-5-9-14(12)19-16(10)11-6-2-4-8-13(11)18/h2-9H,1H3,(H,20,21). The maximum Gasteiger partial charge on any atom is 0.336 e. The lowest BCUT2D eigenvalue weighted by atomic mass is 9.97. The molecule has 3 aromatic rings. The van der Waals surface area contributed by atoms with Crippen molar-refractivity contribution in [3.63, 3.8) is 0 Å². The van der Waals surface area contributed by atoms with E-state index in [4.69, 9.17) is 0 Å². The van der Waals surface area contributed by atoms with Crippen molar-refractivity contribution < 1.29 is 14.3 Å². The number of fused-ring (bicyclic) bond motifs is 1. The minimum atomic E-state index is -1.04. The van der Waals surface area contributed by atoms with Gasteiger partial charge in [-0.15, -0.1) is 0 Å². The van der Waals surface area contributed by atoms with E-state index in [2.05, 4.69) is 4.98 Å². The molecule has 0 spiro atoms. The molecule has 4 heteroatoms. The summed E-state index contributed by atoms with van der Waals surface area (Å²) in [7, 11) is 0. The maximum atomic E-state index is 14.0. The number of rotatable bonds is 2. The number of nitrogens with zero attached hydrogens (tertiary/aromatic N) is 1. The van der Waals surface area contributed by atoms with E-state index in [0.29, 0.717) is 27.7 Å². The topological polar surface area (TPSA) is 50.2 Å². The molecule has 1 aromatic heterocycles. The second-order valence-corrected chi connectivity index (χ2v) is 4.76. The molecule has 0 saturated heterocycles. The van der Waals surface area contributed by atoms with Gasteiger partial charge in [-0.2, -0.15) is 0 Å². The highest BCUT2D eigenvalue weighted by Gasteiger charge is 2.19. The summed E-state index contributed by atoms with van der Waals surface area (Å²) in [5, 5.41) is 10.0. The van der Waals surface area contributed by atoms with E-state index >= 15 is 0 Å². The number of aromatic carboxylic acids is 1. The Hall–Kier alpha value is -2.75. The average Bonchev–Trinajstić information content (AvgIpc) is 2.47. The fraction of sp³-hybridized carbons (Fsp3) is 0.0588. The SMILES string of the molecule is Cc1c(-c2ccccc2F)nc2ccccc2c1C(=O)O. The lowest BCUT2D eigenvalue weighted by Crippen LogP contribution is -2.05. The van der Waals surface area contributed by atoms with Crippen molar-refractivity contribution in [3.8, 4) is 11.3 Å². The van der Waals surface area contributed by atoms with Gasteiger partial charge in [0.15, 0.2) is 0 Å². The van der Waals surface area contributed by atoms with E-state index in [1.54, 1.807) is 49.4 Å². The molecule has 0 aliphatic carbocycles. The van der Waals surface area contributed by atoms with Gasteiger partial charge in [0, 0.05) is 10.9 Å². The first-order valence-electron chi connectivity index (χ1n) is 6.47. The first-order chi connectivity index (χ1) is 10.1. The van der Waals surface area contributed by atoms with Crippen molar-refractivity contribution in [2.24, 2.45) is 0 Å². The number of benzene rings is 2. The van der Waals surface area contributed by atoms with Gasteiger partial charge in [-0.05, 0) is 30.7 Å². The Labute approximate surface area is 120 Å². The second-order valence-electron chi connectivity index (χ2n) is 4.76. The molecule has 1 heterocycles. The first kappa shape index (κ1) is 13.2. The third kappa shape index (κ3) is 2.14. The predicted octanol–water partition coefficient (Wildman–Crippen LogP) is 4.05. The molecule has 0 fully saturated rings. The maximum absolute atomic E-state index is 14.0. The highest BCUT2D eigenvalue weighted by Crippen LogP contribution is 2.30. The van der Waals surface area contributed by atoms with Gasteiger partial charge in [0.1, 0.15) is 5.82 Å². The molecule has 104 valence electrons. The van der Waals surface area contributed by atoms with Crippen LogP contribution in [-0.2, 0) is 0 Å². The number of hydrogen-bond donors (Lipinski definition) is 1. The first-order valence-corrected chi connectivity index (χ1v) is 6.47. The Morgan fingerprint density at radius 2 is 1.76 bits per heavy atom. The van der Waals surface area contributed by atoms with Crippen molar-refractivity contribution in [3.05, 3.63) is 65.5 Å². The van der Waals surface area contributed by atoms with E-state index in [1.807, 2.05) is 0 Å². The van der Waals surface area contributed by atoms with E-state index in [1.165, 1.54) is 6.07 Å². The molecule has 0 atom stereocenters. The summed E-state index contributed by atoms with van der Waals surface area (Å²) in [5.74, 6) is -1.46. The lowest BCUT2D eigenvalue weighted by molar-refractivity contribution is 0.0698. The van der Waals surface area contributed by atoms with Crippen LogP contribution in [0, 0.1) is 12.7 Å². The molecule has 21 heavy (non-hydrogen) atoms. The highest BCUT2D eigenvalue weighted by atomic mass is 19.1. The predicted molar refractivity (Wildman–Crippen MR) is 78.8 cm³/mol. The van der Waals surface area contributed by atoms with E-state index in [-0.39, 0.29) is 5.56 Å². The van der Waals surface area contributed by atoms with Crippen LogP contribution in [0.2, 0.25) is 0 Å². The minimum Gasteiger partial charge on any atom is -0.478 e. The van der Waals surface area contributed by atoms with Crippen LogP contribution in [0.25, 0.3) is 22.2 Å². The van der Waals surface area contributed by atoms with Crippen LogP contribution in [0.15, 0.2) is 48.5 Å². The molecule has 0 radical (unpaired) electrons. The van der Waals surface area contributed by atoms with Crippen molar-refractivity contribution in [1.82, 2.24) is 4.98 Å². The van der Waals surface area contributed by atoms with Crippen LogP contribution in [0.5, 0.6) is 0 Å². The van der Waals surface area contributed by atoms with Crippen LogP contribution in [0.3, 0.4) is 0 Å². The summed E-state index contributed by atoms with van der Waals surface area (Å²) in [6, 6.07) is 13.2. The quantitative estimate of drug-likeness (QED) is 0.771. The largest absolute Gasteiger partial charge is 0.478 e. The van der Waals surface area contributed by atoms with Crippen LogP contribution in [0.4, 0.5) is 4.39 Å². The van der Waals surface area contributed by atoms with Gasteiger partial charge in [-0.1, -0.05) is 30.3 Å². The fourth-order valence-corrected chi connectivity index (χ4v) is 2.50. The Balaban J connectivity index is 2.43. The van der Waals surface area contributed by atoms with Gasteiger partial charge in [0.05, 0.1) is 16.8 Å². The summed E-state index contributed by atoms with van der Waals surface area (Å²) in [6.07, 6.45) is 0. The number of aromatic nitrogens is 1. The molecule has 0 aliphatic heterocycles. The molecule has 0 unspecified atom stereocenters. The molecule has 2 aromatic carbocycles. The summed E-state index contributed by atoms with van der Waals surface area (Å²) < 4.78 is 14.0. The summed E-state index contributed by atoms with van der Waals surface area (Å²) in [4.78, 5) is 16.0. The van der Waals surface area contributed by atoms with Crippen molar-refractivity contribution in [1.29, 1.82) is 0 Å². The zero-order valence-electron chi connectivity index (χ0n) is 11.3. The molecule has 0 bridgehead atoms. The van der Waals surface area contributed by atoms with Crippen molar-refractivity contribution >= 4 is 16.9 Å². The van der Waals surface area contributed by atoms with Gasteiger partial charge in [-0.25, -0.2) is 14.2 Å². The van der Waals surface area contributed by atoms with Crippen molar-refractivity contribution in [2.45, 2.75) is 6.92 Å². The Bertz CT molecular complexity index is 859. The van der Waals surface area contributed by atoms with Gasteiger partial charge in [0.2, 0.25) is 0 Å². The summed E-state index contributed by atoms with van der Waals surface area (Å²) in [5.41, 5.74) is 1.84. The van der Waals surface area contributed by atoms with Gasteiger partial charge in [-0.3, -0.25) is 0 Å². The minimum absolute atomic E-state index is 0.166. The van der Waals surface area contributed by atoms with Gasteiger partial charge in [0.25, 0.3) is 0 Å². The molecule has 3 rings (SSSR count). The Morgan fingerprint density at radius 1 is 1.10 bits per heavy atom. The number of carboxylic acids is 1. The number of pyridine rings is 1. The van der Waals surface area contributed by atoms with Gasteiger partial charge >= 0.3 is 5.97 Å². The third-order valence-corrected chi connectivity index (χ3v) is 3.48. The third-order valence-electron chi connectivity index (χ3n) is 3.48. The van der Waals surface area contributed by atoms with Crippen LogP contribution < -0.4 is 0 Å². The number of hydrogen-bond acceptors (Lipinski definition) is 2. The van der Waals surface area contributed by atoms with E-state index in [9.17, 15) is 14.3 Å². The van der Waals surface area contributed by atoms with Gasteiger partial charge < -0.3 is 5.11 Å². The lowest BCUT2D eigenvalue weighted by Gasteiger charge is -2.12. The highest BCUT2D eigenvalue weighted by molar-refractivity contribution is 6.05. The van der Waals surface area contributed by atoms with Crippen LogP contribution in [-0.4, -0.2) is 16.1 Å². The van der Waals surface area contributed by atoms with Crippen LogP contribution in [0.1, 0.15) is 15.9 Å². The van der Waals surface area contributed by atoms with E-state index < -0.39 is 11.8 Å². The number of para-hydroxylation sites is 1. The van der Waals surface area contributed by atoms with Crippen molar-refractivity contribution in [2.75, 3.05) is 0 Å². The monoisotopic (exact) mass is 281 g/mol. The number of carboxylic acid groups (broad SMARTS) is 1. The second kappa shape index (κ2) is 4.98. The molecule has 0 aliphatic rings. The molecular weight excluding hydrogens is 269 g/mol.